The average Bonchev–Trinajstić information content (AvgIpc) is 3.18. The number of aliphatic imine (C=N–C) groups is 1. The molecule has 0 aromatic heterocycles. The molecule has 0 aliphatic carbocycles. The quantitative estimate of drug-likeness (QED) is 0.305. The van der Waals surface area contributed by atoms with Crippen LogP contribution in [0, 0.1) is 0 Å². The molecule has 0 atom stereocenters. The van der Waals surface area contributed by atoms with Crippen LogP contribution in [0.15, 0.2) is 107 Å². The van der Waals surface area contributed by atoms with E-state index in [2.05, 4.69) is 12.1 Å². The molecule has 0 bridgehead atoms. The first kappa shape index (κ1) is 22.0. The standard InChI is InChI=1S/C29H24N2O2S/c1-33-26-17-16-23-14-8-9-15-24(23)25(26)18-27-28(32)31(20-22-12-6-3-7-13-22)29(34-27)30-19-21-10-4-2-5-11-21/h2-18H,19-20H2,1H3/b27-18-,30-29?. The van der Waals surface area contributed by atoms with Crippen LogP contribution in [0.5, 0.6) is 5.75 Å². The van der Waals surface area contributed by atoms with Crippen LogP contribution in [-0.4, -0.2) is 23.1 Å². The molecule has 0 N–H and O–H groups in total. The largest absolute Gasteiger partial charge is 0.496 e. The summed E-state index contributed by atoms with van der Waals surface area (Å²) in [6.45, 7) is 0.997. The van der Waals surface area contributed by atoms with E-state index in [0.717, 1.165) is 33.2 Å². The number of amides is 1. The third-order valence-electron chi connectivity index (χ3n) is 5.74. The van der Waals surface area contributed by atoms with Crippen LogP contribution in [0.4, 0.5) is 0 Å². The highest BCUT2D eigenvalue weighted by atomic mass is 32.2. The Balaban J connectivity index is 1.54. The Hall–Kier alpha value is -3.83. The van der Waals surface area contributed by atoms with Gasteiger partial charge in [-0.3, -0.25) is 14.7 Å². The Morgan fingerprint density at radius 2 is 1.53 bits per heavy atom. The maximum absolute atomic E-state index is 13.6. The molecule has 34 heavy (non-hydrogen) atoms. The van der Waals surface area contributed by atoms with Gasteiger partial charge in [-0.25, -0.2) is 0 Å². The number of benzene rings is 4. The molecule has 4 aromatic rings. The van der Waals surface area contributed by atoms with E-state index in [1.807, 2.05) is 91.0 Å². The number of amidine groups is 1. The van der Waals surface area contributed by atoms with Gasteiger partial charge in [-0.1, -0.05) is 91.0 Å². The van der Waals surface area contributed by atoms with Crippen molar-refractivity contribution in [2.75, 3.05) is 7.11 Å². The van der Waals surface area contributed by atoms with Crippen molar-refractivity contribution in [2.24, 2.45) is 4.99 Å². The van der Waals surface area contributed by atoms with E-state index in [1.165, 1.54) is 11.8 Å². The fourth-order valence-electron chi connectivity index (χ4n) is 4.01. The van der Waals surface area contributed by atoms with Crippen LogP contribution < -0.4 is 4.74 Å². The van der Waals surface area contributed by atoms with Gasteiger partial charge in [0.1, 0.15) is 5.75 Å². The molecule has 1 saturated heterocycles. The van der Waals surface area contributed by atoms with Crippen molar-refractivity contribution >= 4 is 39.7 Å². The normalized spacial score (nSPS) is 16.0. The molecule has 1 fully saturated rings. The minimum absolute atomic E-state index is 0.0457. The lowest BCUT2D eigenvalue weighted by molar-refractivity contribution is -0.122. The molecule has 0 saturated carbocycles. The van der Waals surface area contributed by atoms with Crippen molar-refractivity contribution in [2.45, 2.75) is 13.1 Å². The number of carbonyl (C=O) groups is 1. The van der Waals surface area contributed by atoms with Crippen LogP contribution >= 0.6 is 11.8 Å². The number of thioether (sulfide) groups is 1. The zero-order chi connectivity index (χ0) is 23.3. The van der Waals surface area contributed by atoms with Gasteiger partial charge in [-0.2, -0.15) is 0 Å². The van der Waals surface area contributed by atoms with E-state index in [9.17, 15) is 4.79 Å². The molecule has 5 rings (SSSR count). The maximum Gasteiger partial charge on any atom is 0.267 e. The lowest BCUT2D eigenvalue weighted by Crippen LogP contribution is -2.28. The predicted octanol–water partition coefficient (Wildman–Crippen LogP) is 6.52. The summed E-state index contributed by atoms with van der Waals surface area (Å²) in [5.41, 5.74) is 3.07. The first-order chi connectivity index (χ1) is 16.7. The van der Waals surface area contributed by atoms with Gasteiger partial charge < -0.3 is 4.74 Å². The van der Waals surface area contributed by atoms with E-state index in [1.54, 1.807) is 12.0 Å². The zero-order valence-corrected chi connectivity index (χ0v) is 19.7. The number of ether oxygens (including phenoxy) is 1. The maximum atomic E-state index is 13.6. The van der Waals surface area contributed by atoms with Crippen molar-refractivity contribution in [3.63, 3.8) is 0 Å². The molecule has 1 aliphatic rings. The molecule has 0 radical (unpaired) electrons. The summed E-state index contributed by atoms with van der Waals surface area (Å²) in [5.74, 6) is 0.694. The number of fused-ring (bicyclic) bond motifs is 1. The highest BCUT2D eigenvalue weighted by Gasteiger charge is 2.33. The fourth-order valence-corrected chi connectivity index (χ4v) is 4.96. The van der Waals surface area contributed by atoms with Crippen LogP contribution in [0.25, 0.3) is 16.8 Å². The van der Waals surface area contributed by atoms with Crippen molar-refractivity contribution in [3.8, 4) is 5.75 Å². The number of nitrogens with zero attached hydrogens (tertiary/aromatic N) is 2. The molecule has 1 heterocycles. The number of carbonyl (C=O) groups excluding carboxylic acids is 1. The second-order valence-corrected chi connectivity index (χ2v) is 8.98. The van der Waals surface area contributed by atoms with Gasteiger partial charge in [0.25, 0.3) is 5.91 Å². The van der Waals surface area contributed by atoms with E-state index < -0.39 is 0 Å². The molecule has 168 valence electrons. The van der Waals surface area contributed by atoms with Crippen molar-refractivity contribution in [1.29, 1.82) is 0 Å². The SMILES string of the molecule is COc1ccc2ccccc2c1/C=C1\SC(=NCc2ccccc2)N(Cc2ccccc2)C1=O. The number of methoxy groups -OCH3 is 1. The van der Waals surface area contributed by atoms with E-state index >= 15 is 0 Å². The van der Waals surface area contributed by atoms with Crippen molar-refractivity contribution in [3.05, 3.63) is 119 Å². The highest BCUT2D eigenvalue weighted by molar-refractivity contribution is 8.18. The lowest BCUT2D eigenvalue weighted by atomic mass is 10.0. The Kier molecular flexibility index (Phi) is 6.45. The summed E-state index contributed by atoms with van der Waals surface area (Å²) in [7, 11) is 1.66. The molecule has 1 amide bonds. The number of rotatable bonds is 6. The molecule has 4 nitrogen and oxygen atoms in total. The summed E-state index contributed by atoms with van der Waals surface area (Å²) < 4.78 is 5.64. The molecular formula is C29H24N2O2S. The van der Waals surface area contributed by atoms with E-state index in [4.69, 9.17) is 9.73 Å². The minimum atomic E-state index is -0.0457. The molecule has 0 unspecified atom stereocenters. The van der Waals surface area contributed by atoms with Gasteiger partial charge in [0, 0.05) is 5.56 Å². The number of hydrogen-bond donors (Lipinski definition) is 0. The van der Waals surface area contributed by atoms with Gasteiger partial charge in [-0.05, 0) is 45.8 Å². The Labute approximate surface area is 203 Å². The zero-order valence-electron chi connectivity index (χ0n) is 18.8. The lowest BCUT2D eigenvalue weighted by Gasteiger charge is -2.15. The fraction of sp³-hybridized carbons (Fsp3) is 0.103. The Morgan fingerprint density at radius 1 is 0.853 bits per heavy atom. The summed E-state index contributed by atoms with van der Waals surface area (Å²) in [4.78, 5) is 20.8. The Morgan fingerprint density at radius 3 is 2.26 bits per heavy atom. The van der Waals surface area contributed by atoms with E-state index in [-0.39, 0.29) is 5.91 Å². The number of hydrogen-bond acceptors (Lipinski definition) is 4. The third kappa shape index (κ3) is 4.61. The van der Waals surface area contributed by atoms with Crippen molar-refractivity contribution < 1.29 is 9.53 Å². The van der Waals surface area contributed by atoms with Gasteiger partial charge in [-0.15, -0.1) is 0 Å². The molecule has 1 aliphatic heterocycles. The third-order valence-corrected chi connectivity index (χ3v) is 6.78. The van der Waals surface area contributed by atoms with Crippen LogP contribution in [0.1, 0.15) is 16.7 Å². The first-order valence-electron chi connectivity index (χ1n) is 11.1. The summed E-state index contributed by atoms with van der Waals surface area (Å²) in [6, 6.07) is 32.2. The average molecular weight is 465 g/mol. The second kappa shape index (κ2) is 9.98. The summed E-state index contributed by atoms with van der Waals surface area (Å²) in [6.07, 6.45) is 1.94. The monoisotopic (exact) mass is 464 g/mol. The molecular weight excluding hydrogens is 440 g/mol. The Bertz CT molecular complexity index is 1380. The summed E-state index contributed by atoms with van der Waals surface area (Å²) in [5, 5.41) is 2.86. The van der Waals surface area contributed by atoms with Gasteiger partial charge in [0.15, 0.2) is 5.17 Å². The van der Waals surface area contributed by atoms with Crippen LogP contribution in [-0.2, 0) is 17.9 Å². The molecule has 0 spiro atoms. The first-order valence-corrected chi connectivity index (χ1v) is 11.9. The highest BCUT2D eigenvalue weighted by Crippen LogP contribution is 2.37. The predicted molar refractivity (Wildman–Crippen MR) is 141 cm³/mol. The smallest absolute Gasteiger partial charge is 0.267 e. The summed E-state index contributed by atoms with van der Waals surface area (Å²) >= 11 is 1.42. The van der Waals surface area contributed by atoms with Gasteiger partial charge in [0.2, 0.25) is 0 Å². The van der Waals surface area contributed by atoms with Gasteiger partial charge >= 0.3 is 0 Å². The van der Waals surface area contributed by atoms with Crippen molar-refractivity contribution in [1.82, 2.24) is 4.90 Å². The molecule has 4 aromatic carbocycles. The molecule has 5 heteroatoms. The van der Waals surface area contributed by atoms with Crippen LogP contribution in [0.3, 0.4) is 0 Å². The van der Waals surface area contributed by atoms with E-state index in [0.29, 0.717) is 23.2 Å². The minimum Gasteiger partial charge on any atom is -0.496 e. The second-order valence-electron chi connectivity index (χ2n) is 7.97. The van der Waals surface area contributed by atoms with Gasteiger partial charge in [0.05, 0.1) is 25.1 Å². The van der Waals surface area contributed by atoms with Crippen LogP contribution in [0.2, 0.25) is 0 Å². The topological polar surface area (TPSA) is 41.9 Å².